The summed E-state index contributed by atoms with van der Waals surface area (Å²) < 4.78 is 0. The lowest BCUT2D eigenvalue weighted by molar-refractivity contribution is -0.222. The van der Waals surface area contributed by atoms with Crippen LogP contribution in [0.3, 0.4) is 0 Å². The molecule has 0 heterocycles. The van der Waals surface area contributed by atoms with Gasteiger partial charge in [-0.2, -0.15) is 0 Å². The van der Waals surface area contributed by atoms with E-state index < -0.39 is 0 Å². The Hall–Kier alpha value is -0.0400. The zero-order chi connectivity index (χ0) is 13.0. The van der Waals surface area contributed by atoms with Crippen LogP contribution < -0.4 is 0 Å². The Morgan fingerprint density at radius 2 is 1.61 bits per heavy atom. The number of rotatable bonds is 0. The third-order valence-electron chi connectivity index (χ3n) is 6.42. The molecule has 5 unspecified atom stereocenters. The van der Waals surface area contributed by atoms with Crippen LogP contribution in [0.1, 0.15) is 72.1 Å². The first-order chi connectivity index (χ1) is 8.44. The largest absolute Gasteiger partial charge is 0.393 e. The van der Waals surface area contributed by atoms with Crippen LogP contribution in [0.5, 0.6) is 0 Å². The van der Waals surface area contributed by atoms with Gasteiger partial charge in [-0.15, -0.1) is 0 Å². The maximum atomic E-state index is 10.6. The maximum Gasteiger partial charge on any atom is 0.0581 e. The van der Waals surface area contributed by atoms with Crippen molar-refractivity contribution in [3.8, 4) is 0 Å². The van der Waals surface area contributed by atoms with Crippen molar-refractivity contribution in [3.63, 3.8) is 0 Å². The third-order valence-corrected chi connectivity index (χ3v) is 6.42. The SMILES string of the molecule is CC1(C)CC(O)C2C3CCCCCCC3C2(C)C1. The highest BCUT2D eigenvalue weighted by Crippen LogP contribution is 2.68. The lowest BCUT2D eigenvalue weighted by atomic mass is 9.38. The average Bonchev–Trinajstić information content (AvgIpc) is 2.18. The van der Waals surface area contributed by atoms with Crippen molar-refractivity contribution in [3.05, 3.63) is 0 Å². The second-order valence-electron chi connectivity index (χ2n) is 8.41. The molecule has 1 N–H and O–H groups in total. The molecule has 18 heavy (non-hydrogen) atoms. The molecule has 0 aromatic rings. The van der Waals surface area contributed by atoms with Crippen molar-refractivity contribution in [1.82, 2.24) is 0 Å². The van der Waals surface area contributed by atoms with Crippen molar-refractivity contribution in [1.29, 1.82) is 0 Å². The van der Waals surface area contributed by atoms with Gasteiger partial charge in [0.2, 0.25) is 0 Å². The van der Waals surface area contributed by atoms with Crippen molar-refractivity contribution in [2.24, 2.45) is 28.6 Å². The predicted octanol–water partition coefficient (Wildman–Crippen LogP) is 4.39. The third kappa shape index (κ3) is 1.85. The molecule has 3 aliphatic carbocycles. The molecular formula is C17H30O. The number of aliphatic hydroxyl groups is 1. The molecule has 0 amide bonds. The van der Waals surface area contributed by atoms with Crippen LogP contribution in [0.15, 0.2) is 0 Å². The number of hydrogen-bond acceptors (Lipinski definition) is 1. The van der Waals surface area contributed by atoms with Gasteiger partial charge in [-0.25, -0.2) is 0 Å². The fourth-order valence-electron chi connectivity index (χ4n) is 6.15. The summed E-state index contributed by atoms with van der Waals surface area (Å²) in [6, 6.07) is 0. The summed E-state index contributed by atoms with van der Waals surface area (Å²) in [6.45, 7) is 7.20. The van der Waals surface area contributed by atoms with Crippen LogP contribution in [0.25, 0.3) is 0 Å². The van der Waals surface area contributed by atoms with Gasteiger partial charge in [0.05, 0.1) is 6.10 Å². The molecule has 0 radical (unpaired) electrons. The lowest BCUT2D eigenvalue weighted by Gasteiger charge is -2.68. The van der Waals surface area contributed by atoms with E-state index in [2.05, 4.69) is 20.8 Å². The molecule has 1 heteroatoms. The van der Waals surface area contributed by atoms with E-state index in [4.69, 9.17) is 0 Å². The molecule has 0 saturated heterocycles. The molecule has 5 atom stereocenters. The molecule has 0 aromatic carbocycles. The Labute approximate surface area is 112 Å². The van der Waals surface area contributed by atoms with Crippen LogP contribution in [0.2, 0.25) is 0 Å². The summed E-state index contributed by atoms with van der Waals surface area (Å²) >= 11 is 0. The summed E-state index contributed by atoms with van der Waals surface area (Å²) in [5.74, 6) is 2.38. The molecule has 3 fully saturated rings. The smallest absolute Gasteiger partial charge is 0.0581 e. The van der Waals surface area contributed by atoms with E-state index in [1.165, 1.54) is 44.9 Å². The van der Waals surface area contributed by atoms with E-state index in [1.807, 2.05) is 0 Å². The highest BCUT2D eigenvalue weighted by Gasteiger charge is 2.63. The molecule has 3 saturated carbocycles. The Balaban J connectivity index is 1.83. The Bertz CT molecular complexity index is 322. The monoisotopic (exact) mass is 250 g/mol. The fraction of sp³-hybridized carbons (Fsp3) is 1.00. The van der Waals surface area contributed by atoms with Crippen molar-refractivity contribution in [2.45, 2.75) is 78.2 Å². The maximum absolute atomic E-state index is 10.6. The van der Waals surface area contributed by atoms with E-state index in [0.29, 0.717) is 16.7 Å². The summed E-state index contributed by atoms with van der Waals surface area (Å²) in [6.07, 6.45) is 10.9. The van der Waals surface area contributed by atoms with Crippen LogP contribution in [0.4, 0.5) is 0 Å². The van der Waals surface area contributed by atoms with E-state index in [0.717, 1.165) is 18.3 Å². The van der Waals surface area contributed by atoms with Gasteiger partial charge in [0.1, 0.15) is 0 Å². The van der Waals surface area contributed by atoms with Crippen LogP contribution >= 0.6 is 0 Å². The Morgan fingerprint density at radius 3 is 2.33 bits per heavy atom. The van der Waals surface area contributed by atoms with Crippen LogP contribution in [0, 0.1) is 28.6 Å². The minimum Gasteiger partial charge on any atom is -0.393 e. The first-order valence-electron chi connectivity index (χ1n) is 8.12. The normalized spacial score (nSPS) is 51.3. The molecular weight excluding hydrogens is 220 g/mol. The second-order valence-corrected chi connectivity index (χ2v) is 8.41. The number of aliphatic hydroxyl groups excluding tert-OH is 1. The lowest BCUT2D eigenvalue weighted by Crippen LogP contribution is -2.64. The average molecular weight is 250 g/mol. The molecule has 3 rings (SSSR count). The minimum atomic E-state index is -0.0283. The van der Waals surface area contributed by atoms with Gasteiger partial charge in [0.15, 0.2) is 0 Å². The highest BCUT2D eigenvalue weighted by molar-refractivity contribution is 5.12. The quantitative estimate of drug-likeness (QED) is 0.676. The van der Waals surface area contributed by atoms with Gasteiger partial charge in [0.25, 0.3) is 0 Å². The van der Waals surface area contributed by atoms with Gasteiger partial charge in [0, 0.05) is 0 Å². The molecule has 3 aliphatic rings. The van der Waals surface area contributed by atoms with Gasteiger partial charge >= 0.3 is 0 Å². The van der Waals surface area contributed by atoms with Crippen molar-refractivity contribution < 1.29 is 5.11 Å². The summed E-state index contributed by atoms with van der Waals surface area (Å²) in [7, 11) is 0. The zero-order valence-corrected chi connectivity index (χ0v) is 12.4. The van der Waals surface area contributed by atoms with Crippen molar-refractivity contribution in [2.75, 3.05) is 0 Å². The van der Waals surface area contributed by atoms with Crippen LogP contribution in [-0.4, -0.2) is 11.2 Å². The van der Waals surface area contributed by atoms with Crippen LogP contribution in [-0.2, 0) is 0 Å². The van der Waals surface area contributed by atoms with Gasteiger partial charge in [-0.05, 0) is 54.3 Å². The molecule has 1 nitrogen and oxygen atoms in total. The highest BCUT2D eigenvalue weighted by atomic mass is 16.3. The molecule has 0 bridgehead atoms. The van der Waals surface area contributed by atoms with Gasteiger partial charge in [-0.3, -0.25) is 0 Å². The number of fused-ring (bicyclic) bond motifs is 4. The standard InChI is InChI=1S/C17H30O/c1-16(2)10-14(18)15-12-8-6-4-5-7-9-13(12)17(15,3)11-16/h12-15,18H,4-11H2,1-3H3. The van der Waals surface area contributed by atoms with Gasteiger partial charge in [-0.1, -0.05) is 46.5 Å². The Kier molecular flexibility index (Phi) is 3.05. The fourth-order valence-corrected chi connectivity index (χ4v) is 6.15. The molecule has 0 aromatic heterocycles. The summed E-state index contributed by atoms with van der Waals surface area (Å²) in [5.41, 5.74) is 0.793. The van der Waals surface area contributed by atoms with E-state index >= 15 is 0 Å². The number of hydrogen-bond donors (Lipinski definition) is 1. The topological polar surface area (TPSA) is 20.2 Å². The van der Waals surface area contributed by atoms with Gasteiger partial charge < -0.3 is 5.11 Å². The first-order valence-corrected chi connectivity index (χ1v) is 8.12. The molecule has 104 valence electrons. The van der Waals surface area contributed by atoms with E-state index in [-0.39, 0.29) is 6.10 Å². The zero-order valence-electron chi connectivity index (χ0n) is 12.4. The van der Waals surface area contributed by atoms with Crippen molar-refractivity contribution >= 4 is 0 Å². The summed E-state index contributed by atoms with van der Waals surface area (Å²) in [5, 5.41) is 10.6. The summed E-state index contributed by atoms with van der Waals surface area (Å²) in [4.78, 5) is 0. The van der Waals surface area contributed by atoms with E-state index in [1.54, 1.807) is 0 Å². The minimum absolute atomic E-state index is 0.0283. The molecule has 0 spiro atoms. The van der Waals surface area contributed by atoms with E-state index in [9.17, 15) is 5.11 Å². The Morgan fingerprint density at radius 1 is 0.944 bits per heavy atom. The molecule has 0 aliphatic heterocycles. The predicted molar refractivity (Wildman–Crippen MR) is 75.3 cm³/mol. The second kappa shape index (κ2) is 4.23. The first kappa shape index (κ1) is 13.0.